The first-order chi connectivity index (χ1) is 10.9. The fourth-order valence-electron chi connectivity index (χ4n) is 3.16. The molecule has 1 aromatic rings. The smallest absolute Gasteiger partial charge is 0.220 e. The fourth-order valence-corrected chi connectivity index (χ4v) is 3.74. The minimum Gasteiger partial charge on any atom is -0.356 e. The maximum atomic E-state index is 11.8. The van der Waals surface area contributed by atoms with Gasteiger partial charge in [-0.2, -0.15) is 0 Å². The van der Waals surface area contributed by atoms with Gasteiger partial charge in [0.25, 0.3) is 0 Å². The van der Waals surface area contributed by atoms with E-state index in [1.165, 1.54) is 25.7 Å². The molecule has 0 bridgehead atoms. The second-order valence-electron chi connectivity index (χ2n) is 7.60. The second-order valence-corrected chi connectivity index (χ2v) is 8.38. The average molecular weight is 339 g/mol. The maximum absolute atomic E-state index is 11.8. The minimum absolute atomic E-state index is 0.0416. The summed E-state index contributed by atoms with van der Waals surface area (Å²) in [5, 5.41) is 12.8. The van der Waals surface area contributed by atoms with E-state index in [0.717, 1.165) is 23.8 Å². The first kappa shape index (κ1) is 18.3. The van der Waals surface area contributed by atoms with Crippen molar-refractivity contribution >= 4 is 17.7 Å². The van der Waals surface area contributed by atoms with Gasteiger partial charge in [0.15, 0.2) is 5.16 Å². The summed E-state index contributed by atoms with van der Waals surface area (Å²) in [6.45, 7) is 6.96. The molecule has 1 aliphatic carbocycles. The van der Waals surface area contributed by atoms with Crippen LogP contribution in [0.4, 0.5) is 0 Å². The lowest BCUT2D eigenvalue weighted by atomic mass is 9.92. The zero-order valence-electron chi connectivity index (χ0n) is 14.9. The molecule has 5 nitrogen and oxygen atoms in total. The molecule has 6 heteroatoms. The van der Waals surface area contributed by atoms with Gasteiger partial charge in [0.1, 0.15) is 5.82 Å². The van der Waals surface area contributed by atoms with Gasteiger partial charge in [0.2, 0.25) is 5.91 Å². The van der Waals surface area contributed by atoms with Crippen molar-refractivity contribution in [3.05, 3.63) is 5.82 Å². The number of amides is 1. The molecule has 0 radical (unpaired) electrons. The number of thioether (sulfide) groups is 1. The monoisotopic (exact) mass is 338 g/mol. The third kappa shape index (κ3) is 5.52. The number of carbonyl (C=O) groups is 1. The van der Waals surface area contributed by atoms with Crippen molar-refractivity contribution in [2.45, 2.75) is 76.9 Å². The highest BCUT2D eigenvalue weighted by Gasteiger charge is 2.23. The normalized spacial score (nSPS) is 16.0. The molecule has 1 heterocycles. The van der Waals surface area contributed by atoms with Crippen molar-refractivity contribution in [1.29, 1.82) is 0 Å². The van der Waals surface area contributed by atoms with E-state index in [1.54, 1.807) is 11.8 Å². The van der Waals surface area contributed by atoms with Crippen LogP contribution in [0.1, 0.15) is 71.2 Å². The van der Waals surface area contributed by atoms with Crippen LogP contribution in [0.5, 0.6) is 0 Å². The molecule has 0 spiro atoms. The van der Waals surface area contributed by atoms with Gasteiger partial charge in [0.05, 0.1) is 0 Å². The van der Waals surface area contributed by atoms with Crippen molar-refractivity contribution in [1.82, 2.24) is 20.1 Å². The van der Waals surface area contributed by atoms with Crippen molar-refractivity contribution < 1.29 is 4.79 Å². The van der Waals surface area contributed by atoms with E-state index in [-0.39, 0.29) is 11.3 Å². The number of nitrogens with one attached hydrogen (secondary N) is 1. The second kappa shape index (κ2) is 8.18. The van der Waals surface area contributed by atoms with Crippen LogP contribution in [0.2, 0.25) is 0 Å². The summed E-state index contributed by atoms with van der Waals surface area (Å²) in [6, 6.07) is 0.568. The molecule has 0 atom stereocenters. The Morgan fingerprint density at radius 2 is 2.00 bits per heavy atom. The Bertz CT molecular complexity index is 515. The molecule has 0 unspecified atom stereocenters. The van der Waals surface area contributed by atoms with Crippen LogP contribution in [0, 0.1) is 5.41 Å². The van der Waals surface area contributed by atoms with E-state index in [9.17, 15) is 4.79 Å². The number of aryl methyl sites for hydroxylation is 1. The molecule has 1 amide bonds. The summed E-state index contributed by atoms with van der Waals surface area (Å²) in [6.07, 6.45) is 9.50. The molecular formula is C17H30N4OS. The minimum atomic E-state index is 0.0416. The van der Waals surface area contributed by atoms with E-state index in [4.69, 9.17) is 0 Å². The zero-order chi connectivity index (χ0) is 16.9. The van der Waals surface area contributed by atoms with Crippen LogP contribution in [-0.2, 0) is 11.2 Å². The summed E-state index contributed by atoms with van der Waals surface area (Å²) >= 11 is 1.67. The Hall–Kier alpha value is -1.04. The van der Waals surface area contributed by atoms with E-state index in [2.05, 4.69) is 47.1 Å². The Morgan fingerprint density at radius 1 is 1.30 bits per heavy atom. The van der Waals surface area contributed by atoms with E-state index >= 15 is 0 Å². The molecule has 1 fully saturated rings. The molecule has 1 N–H and O–H groups in total. The Labute approximate surface area is 144 Å². The number of hydrogen-bond acceptors (Lipinski definition) is 4. The highest BCUT2D eigenvalue weighted by atomic mass is 32.2. The molecule has 2 rings (SSSR count). The number of nitrogens with zero attached hydrogens (tertiary/aromatic N) is 3. The van der Waals surface area contributed by atoms with Crippen LogP contribution >= 0.6 is 11.8 Å². The van der Waals surface area contributed by atoms with E-state index in [0.29, 0.717) is 19.0 Å². The van der Waals surface area contributed by atoms with Gasteiger partial charge in [0, 0.05) is 25.4 Å². The van der Waals surface area contributed by atoms with Crippen LogP contribution in [0.15, 0.2) is 5.16 Å². The number of aromatic nitrogens is 3. The topological polar surface area (TPSA) is 59.8 Å². The summed E-state index contributed by atoms with van der Waals surface area (Å²) in [5.41, 5.74) is 0.0416. The highest BCUT2D eigenvalue weighted by Crippen LogP contribution is 2.33. The van der Waals surface area contributed by atoms with E-state index < -0.39 is 0 Å². The number of hydrogen-bond donors (Lipinski definition) is 1. The Morgan fingerprint density at radius 3 is 2.61 bits per heavy atom. The van der Waals surface area contributed by atoms with Crippen LogP contribution in [-0.4, -0.2) is 33.5 Å². The van der Waals surface area contributed by atoms with Gasteiger partial charge in [-0.15, -0.1) is 10.2 Å². The summed E-state index contributed by atoms with van der Waals surface area (Å²) in [4.78, 5) is 11.8. The van der Waals surface area contributed by atoms with Gasteiger partial charge in [-0.05, 0) is 30.9 Å². The Balaban J connectivity index is 1.84. The van der Waals surface area contributed by atoms with Gasteiger partial charge in [-0.1, -0.05) is 45.4 Å². The van der Waals surface area contributed by atoms with E-state index in [1.807, 2.05) is 0 Å². The maximum Gasteiger partial charge on any atom is 0.220 e. The molecule has 130 valence electrons. The predicted molar refractivity (Wildman–Crippen MR) is 94.7 cm³/mol. The summed E-state index contributed by atoms with van der Waals surface area (Å²) in [5.74, 6) is 1.21. The third-order valence-electron chi connectivity index (χ3n) is 4.20. The summed E-state index contributed by atoms with van der Waals surface area (Å²) < 4.78 is 2.34. The lowest BCUT2D eigenvalue weighted by Gasteiger charge is -2.18. The average Bonchev–Trinajstić information content (AvgIpc) is 3.10. The van der Waals surface area contributed by atoms with Gasteiger partial charge in [-0.3, -0.25) is 4.79 Å². The van der Waals surface area contributed by atoms with Crippen molar-refractivity contribution in [3.63, 3.8) is 0 Å². The highest BCUT2D eigenvalue weighted by molar-refractivity contribution is 7.98. The van der Waals surface area contributed by atoms with Crippen molar-refractivity contribution in [2.75, 3.05) is 12.8 Å². The first-order valence-corrected chi connectivity index (χ1v) is 9.87. The zero-order valence-corrected chi connectivity index (χ0v) is 15.7. The summed E-state index contributed by atoms with van der Waals surface area (Å²) in [7, 11) is 0. The molecule has 1 aliphatic rings. The molecule has 23 heavy (non-hydrogen) atoms. The molecule has 1 saturated carbocycles. The molecular weight excluding hydrogens is 308 g/mol. The number of rotatable bonds is 7. The SMILES string of the molecule is CSc1nnc(CCCNC(=O)CC(C)(C)C)n1C1CCCC1. The predicted octanol–water partition coefficient (Wildman–Crippen LogP) is 3.60. The van der Waals surface area contributed by atoms with Crippen LogP contribution in [0.3, 0.4) is 0 Å². The van der Waals surface area contributed by atoms with Crippen LogP contribution < -0.4 is 5.32 Å². The van der Waals surface area contributed by atoms with Crippen molar-refractivity contribution in [3.8, 4) is 0 Å². The van der Waals surface area contributed by atoms with Crippen molar-refractivity contribution in [2.24, 2.45) is 5.41 Å². The largest absolute Gasteiger partial charge is 0.356 e. The molecule has 1 aromatic heterocycles. The molecule has 0 saturated heterocycles. The number of carbonyl (C=O) groups excluding carboxylic acids is 1. The standard InChI is InChI=1S/C17H30N4OS/c1-17(2,3)12-15(22)18-11-7-10-14-19-20-16(23-4)21(14)13-8-5-6-9-13/h13H,5-12H2,1-4H3,(H,18,22). The van der Waals surface area contributed by atoms with Crippen LogP contribution in [0.25, 0.3) is 0 Å². The lowest BCUT2D eigenvalue weighted by Crippen LogP contribution is -2.28. The fraction of sp³-hybridized carbons (Fsp3) is 0.824. The van der Waals surface area contributed by atoms with Gasteiger partial charge < -0.3 is 9.88 Å². The quantitative estimate of drug-likeness (QED) is 0.609. The van der Waals surface area contributed by atoms with Gasteiger partial charge >= 0.3 is 0 Å². The molecule has 0 aromatic carbocycles. The molecule has 0 aliphatic heterocycles. The lowest BCUT2D eigenvalue weighted by molar-refractivity contribution is -0.122. The van der Waals surface area contributed by atoms with Gasteiger partial charge in [-0.25, -0.2) is 0 Å². The first-order valence-electron chi connectivity index (χ1n) is 8.65. The third-order valence-corrected chi connectivity index (χ3v) is 4.84. The Kier molecular flexibility index (Phi) is 6.50.